The molecule has 196 valence electrons. The topological polar surface area (TPSA) is 152 Å². The van der Waals surface area contributed by atoms with Crippen LogP contribution in [0.5, 0.6) is 0 Å². The molecule has 2 aromatic rings. The molecule has 4 unspecified atom stereocenters. The van der Waals surface area contributed by atoms with Crippen molar-refractivity contribution in [3.8, 4) is 0 Å². The summed E-state index contributed by atoms with van der Waals surface area (Å²) in [4.78, 5) is 53.8. The number of thiol groups is 1. The molecule has 0 bridgehead atoms. The predicted octanol–water partition coefficient (Wildman–Crippen LogP) is 0.977. The Balaban J connectivity index is 1.81. The molecule has 0 radical (unpaired) electrons. The van der Waals surface area contributed by atoms with Gasteiger partial charge in [-0.25, -0.2) is 4.79 Å². The Morgan fingerprint density at radius 3 is 2.39 bits per heavy atom. The van der Waals surface area contributed by atoms with Crippen molar-refractivity contribution in [2.24, 2.45) is 5.92 Å². The van der Waals surface area contributed by atoms with Gasteiger partial charge in [0, 0.05) is 29.3 Å². The standard InChI is InChI=1S/C25H35N5O5S/c1-14(2)10-19(23(32)30-21(13-36)25(34)35)28-24(33)20(29-22(31)18-8-5-9-26-18)11-15-12-27-17-7-4-3-6-16(15)17/h3-4,6-7,12,14,18-21,26-27,36H,5,8-11,13H2,1-2H3,(H,28,33)(H,29,31)(H,30,32)(H,34,35). The van der Waals surface area contributed by atoms with Crippen LogP contribution in [0.2, 0.25) is 0 Å². The number of fused-ring (bicyclic) bond motifs is 1. The highest BCUT2D eigenvalue weighted by molar-refractivity contribution is 7.80. The summed E-state index contributed by atoms with van der Waals surface area (Å²) in [5.41, 5.74) is 1.77. The molecular formula is C25H35N5O5S. The first-order valence-corrected chi connectivity index (χ1v) is 12.9. The van der Waals surface area contributed by atoms with Crippen LogP contribution in [0.3, 0.4) is 0 Å². The SMILES string of the molecule is CC(C)CC(NC(=O)C(Cc1c[nH]c2ccccc12)NC(=O)C1CCCN1)C(=O)NC(CS)C(=O)O. The number of H-pyrrole nitrogens is 1. The average molecular weight is 518 g/mol. The van der Waals surface area contributed by atoms with E-state index < -0.39 is 35.9 Å². The zero-order chi connectivity index (χ0) is 26.2. The Labute approximate surface area is 215 Å². The molecule has 3 amide bonds. The third kappa shape index (κ3) is 7.23. The first kappa shape index (κ1) is 27.5. The van der Waals surface area contributed by atoms with Crippen molar-refractivity contribution in [1.82, 2.24) is 26.3 Å². The molecule has 1 aliphatic rings. The lowest BCUT2D eigenvalue weighted by Crippen LogP contribution is -2.58. The number of amides is 3. The molecule has 0 spiro atoms. The van der Waals surface area contributed by atoms with E-state index in [2.05, 4.69) is 38.9 Å². The van der Waals surface area contributed by atoms with Gasteiger partial charge >= 0.3 is 5.97 Å². The zero-order valence-corrected chi connectivity index (χ0v) is 21.4. The van der Waals surface area contributed by atoms with Crippen molar-refractivity contribution in [2.45, 2.75) is 63.7 Å². The number of aromatic amines is 1. The largest absolute Gasteiger partial charge is 0.480 e. The fourth-order valence-corrected chi connectivity index (χ4v) is 4.59. The van der Waals surface area contributed by atoms with Gasteiger partial charge in [0.05, 0.1) is 6.04 Å². The molecule has 10 nitrogen and oxygen atoms in total. The van der Waals surface area contributed by atoms with Crippen LogP contribution in [-0.4, -0.2) is 70.2 Å². The maximum atomic E-state index is 13.5. The van der Waals surface area contributed by atoms with Gasteiger partial charge in [0.1, 0.15) is 18.1 Å². The van der Waals surface area contributed by atoms with Crippen LogP contribution in [-0.2, 0) is 25.6 Å². The van der Waals surface area contributed by atoms with Crippen molar-refractivity contribution in [1.29, 1.82) is 0 Å². The maximum absolute atomic E-state index is 13.5. The number of carboxylic acids is 1. The van der Waals surface area contributed by atoms with Gasteiger partial charge in [0.25, 0.3) is 0 Å². The minimum atomic E-state index is -1.21. The van der Waals surface area contributed by atoms with E-state index >= 15 is 0 Å². The Kier molecular flexibility index (Phi) is 9.77. The van der Waals surface area contributed by atoms with Crippen molar-refractivity contribution in [2.75, 3.05) is 12.3 Å². The second kappa shape index (κ2) is 12.8. The first-order valence-electron chi connectivity index (χ1n) is 12.2. The van der Waals surface area contributed by atoms with Crippen LogP contribution in [0.1, 0.15) is 38.7 Å². The number of rotatable bonds is 12. The van der Waals surface area contributed by atoms with Crippen molar-refractivity contribution in [3.63, 3.8) is 0 Å². The molecule has 0 aliphatic carbocycles. The molecule has 1 saturated heterocycles. The summed E-state index contributed by atoms with van der Waals surface area (Å²) in [7, 11) is 0. The lowest BCUT2D eigenvalue weighted by Gasteiger charge is -2.26. The number of para-hydroxylation sites is 1. The van der Waals surface area contributed by atoms with Gasteiger partial charge in [-0.3, -0.25) is 14.4 Å². The number of hydrogen-bond donors (Lipinski definition) is 7. The quantitative estimate of drug-likeness (QED) is 0.208. The van der Waals surface area contributed by atoms with E-state index in [9.17, 15) is 24.3 Å². The highest BCUT2D eigenvalue weighted by Gasteiger charge is 2.32. The van der Waals surface area contributed by atoms with Crippen LogP contribution in [0.4, 0.5) is 0 Å². The molecule has 2 heterocycles. The molecule has 0 saturated carbocycles. The fourth-order valence-electron chi connectivity index (χ4n) is 4.34. The fraction of sp³-hybridized carbons (Fsp3) is 0.520. The normalized spacial score (nSPS) is 17.9. The number of carboxylic acid groups (broad SMARTS) is 1. The smallest absolute Gasteiger partial charge is 0.327 e. The summed E-state index contributed by atoms with van der Waals surface area (Å²) in [5, 5.41) is 21.4. The number of nitrogens with one attached hydrogen (secondary N) is 5. The summed E-state index contributed by atoms with van der Waals surface area (Å²) >= 11 is 3.99. The second-order valence-electron chi connectivity index (χ2n) is 9.55. The van der Waals surface area contributed by atoms with Crippen molar-refractivity contribution in [3.05, 3.63) is 36.0 Å². The number of aromatic nitrogens is 1. The second-order valence-corrected chi connectivity index (χ2v) is 9.91. The highest BCUT2D eigenvalue weighted by atomic mass is 32.1. The van der Waals surface area contributed by atoms with E-state index in [0.29, 0.717) is 12.8 Å². The summed E-state index contributed by atoms with van der Waals surface area (Å²) < 4.78 is 0. The van der Waals surface area contributed by atoms with Crippen LogP contribution in [0.15, 0.2) is 30.5 Å². The summed E-state index contributed by atoms with van der Waals surface area (Å²) in [6.45, 7) is 4.54. The average Bonchev–Trinajstić information content (AvgIpc) is 3.51. The van der Waals surface area contributed by atoms with Crippen LogP contribution in [0.25, 0.3) is 10.9 Å². The Bertz CT molecular complexity index is 1080. The number of aliphatic carboxylic acids is 1. The summed E-state index contributed by atoms with van der Waals surface area (Å²) in [5.74, 6) is -2.63. The van der Waals surface area contributed by atoms with E-state index in [1.165, 1.54) is 0 Å². The van der Waals surface area contributed by atoms with Crippen LogP contribution in [0, 0.1) is 5.92 Å². The maximum Gasteiger partial charge on any atom is 0.327 e. The van der Waals surface area contributed by atoms with E-state index in [1.807, 2.05) is 44.3 Å². The Morgan fingerprint density at radius 2 is 1.75 bits per heavy atom. The number of benzene rings is 1. The molecule has 36 heavy (non-hydrogen) atoms. The zero-order valence-electron chi connectivity index (χ0n) is 20.5. The van der Waals surface area contributed by atoms with E-state index in [1.54, 1.807) is 0 Å². The molecule has 4 atom stereocenters. The van der Waals surface area contributed by atoms with Crippen molar-refractivity contribution < 1.29 is 24.3 Å². The predicted molar refractivity (Wildman–Crippen MR) is 140 cm³/mol. The van der Waals surface area contributed by atoms with Gasteiger partial charge < -0.3 is 31.4 Å². The van der Waals surface area contributed by atoms with E-state index in [-0.39, 0.29) is 30.0 Å². The third-order valence-electron chi connectivity index (χ3n) is 6.25. The molecule has 1 aromatic carbocycles. The molecule has 6 N–H and O–H groups in total. The minimum Gasteiger partial charge on any atom is -0.480 e. The number of carbonyl (C=O) groups excluding carboxylic acids is 3. The number of carbonyl (C=O) groups is 4. The van der Waals surface area contributed by atoms with Gasteiger partial charge in [0.2, 0.25) is 17.7 Å². The molecule has 11 heteroatoms. The third-order valence-corrected chi connectivity index (χ3v) is 6.61. The monoisotopic (exact) mass is 517 g/mol. The van der Waals surface area contributed by atoms with Gasteiger partial charge in [-0.1, -0.05) is 32.0 Å². The van der Waals surface area contributed by atoms with E-state index in [4.69, 9.17) is 0 Å². The lowest BCUT2D eigenvalue weighted by molar-refractivity contribution is -0.141. The molecule has 1 aromatic heterocycles. The van der Waals surface area contributed by atoms with Crippen LogP contribution < -0.4 is 21.3 Å². The van der Waals surface area contributed by atoms with Crippen LogP contribution >= 0.6 is 12.6 Å². The lowest BCUT2D eigenvalue weighted by atomic mass is 10.00. The Hall–Kier alpha value is -3.05. The summed E-state index contributed by atoms with van der Waals surface area (Å²) in [6.07, 6.45) is 3.90. The first-order chi connectivity index (χ1) is 17.2. The molecule has 1 aliphatic heterocycles. The van der Waals surface area contributed by atoms with Gasteiger partial charge in [-0.2, -0.15) is 12.6 Å². The van der Waals surface area contributed by atoms with Gasteiger partial charge in [-0.15, -0.1) is 0 Å². The number of hydrogen-bond acceptors (Lipinski definition) is 6. The molecular weight excluding hydrogens is 482 g/mol. The van der Waals surface area contributed by atoms with E-state index in [0.717, 1.165) is 29.4 Å². The minimum absolute atomic E-state index is 0.0460. The Morgan fingerprint density at radius 1 is 1.06 bits per heavy atom. The molecule has 1 fully saturated rings. The van der Waals surface area contributed by atoms with Gasteiger partial charge in [0.15, 0.2) is 0 Å². The molecule has 3 rings (SSSR count). The van der Waals surface area contributed by atoms with Gasteiger partial charge in [-0.05, 0) is 43.4 Å². The highest BCUT2D eigenvalue weighted by Crippen LogP contribution is 2.20. The summed E-state index contributed by atoms with van der Waals surface area (Å²) in [6, 6.07) is 4.23. The van der Waals surface area contributed by atoms with Crippen molar-refractivity contribution >= 4 is 47.2 Å².